The van der Waals surface area contributed by atoms with Gasteiger partial charge in [0.05, 0.1) is 19.6 Å². The minimum absolute atomic E-state index is 0.0420. The molecule has 31 heavy (non-hydrogen) atoms. The first-order valence-corrected chi connectivity index (χ1v) is 9.64. The summed E-state index contributed by atoms with van der Waals surface area (Å²) in [6.07, 6.45) is 3.51. The molecule has 0 aliphatic carbocycles. The lowest BCUT2D eigenvalue weighted by atomic mass is 10.1. The first-order chi connectivity index (χ1) is 15.0. The summed E-state index contributed by atoms with van der Waals surface area (Å²) in [4.78, 5) is 36.9. The summed E-state index contributed by atoms with van der Waals surface area (Å²) in [5.41, 5.74) is 0.441. The third-order valence-corrected chi connectivity index (χ3v) is 4.50. The summed E-state index contributed by atoms with van der Waals surface area (Å²) >= 11 is 0. The van der Waals surface area contributed by atoms with Gasteiger partial charge in [0.1, 0.15) is 0 Å². The Morgan fingerprint density at radius 3 is 2.48 bits per heavy atom. The molecule has 1 aromatic heterocycles. The Bertz CT molecular complexity index is 1210. The quantitative estimate of drug-likeness (QED) is 0.328. The van der Waals surface area contributed by atoms with Crippen molar-refractivity contribution in [3.8, 4) is 11.5 Å². The number of esters is 2. The van der Waals surface area contributed by atoms with E-state index in [0.29, 0.717) is 35.1 Å². The predicted molar refractivity (Wildman–Crippen MR) is 115 cm³/mol. The van der Waals surface area contributed by atoms with E-state index in [1.165, 1.54) is 25.0 Å². The van der Waals surface area contributed by atoms with Crippen molar-refractivity contribution in [2.75, 3.05) is 14.2 Å². The monoisotopic (exact) mass is 422 g/mol. The molecule has 160 valence electrons. The molecule has 3 aromatic rings. The maximum absolute atomic E-state index is 13.0. The van der Waals surface area contributed by atoms with E-state index in [2.05, 4.69) is 9.84 Å². The molecular formula is C23H22N2O6. The lowest BCUT2D eigenvalue weighted by Crippen LogP contribution is -2.27. The second kappa shape index (κ2) is 9.71. The second-order valence-electron chi connectivity index (χ2n) is 6.58. The van der Waals surface area contributed by atoms with Crippen molar-refractivity contribution in [3.05, 3.63) is 70.2 Å². The number of ether oxygens (including phenoxy) is 3. The van der Waals surface area contributed by atoms with Crippen molar-refractivity contribution in [2.45, 2.75) is 19.9 Å². The Kier molecular flexibility index (Phi) is 6.81. The molecule has 8 heteroatoms. The average Bonchev–Trinajstić information content (AvgIpc) is 2.79. The fraction of sp³-hybridized carbons (Fsp3) is 0.217. The smallest absolute Gasteiger partial charge is 0.364 e. The second-order valence-corrected chi connectivity index (χ2v) is 6.58. The Morgan fingerprint density at radius 1 is 1.06 bits per heavy atom. The van der Waals surface area contributed by atoms with E-state index in [4.69, 9.17) is 9.47 Å². The number of benzene rings is 2. The summed E-state index contributed by atoms with van der Waals surface area (Å²) in [5.74, 6) is -0.722. The Balaban J connectivity index is 1.97. The first kappa shape index (κ1) is 21.8. The van der Waals surface area contributed by atoms with Crippen LogP contribution in [0, 0.1) is 0 Å². The van der Waals surface area contributed by atoms with E-state index >= 15 is 0 Å². The van der Waals surface area contributed by atoms with Crippen molar-refractivity contribution in [1.82, 2.24) is 9.78 Å². The van der Waals surface area contributed by atoms with Crippen LogP contribution in [0.2, 0.25) is 0 Å². The van der Waals surface area contributed by atoms with Crippen molar-refractivity contribution in [3.63, 3.8) is 0 Å². The SMILES string of the molecule is CCCn1nc(C(=O)Oc2ccc(/C=C/C(=O)OC)cc2OC)c2ccccc2c1=O. The maximum Gasteiger partial charge on any atom is 0.364 e. The number of nitrogens with zero attached hydrogens (tertiary/aromatic N) is 2. The summed E-state index contributed by atoms with van der Waals surface area (Å²) in [6.45, 7) is 2.30. The van der Waals surface area contributed by atoms with Crippen LogP contribution in [-0.2, 0) is 16.1 Å². The molecule has 0 aliphatic heterocycles. The van der Waals surface area contributed by atoms with E-state index in [-0.39, 0.29) is 17.0 Å². The first-order valence-electron chi connectivity index (χ1n) is 9.64. The van der Waals surface area contributed by atoms with Crippen molar-refractivity contribution in [2.24, 2.45) is 0 Å². The third-order valence-electron chi connectivity index (χ3n) is 4.50. The van der Waals surface area contributed by atoms with E-state index in [9.17, 15) is 14.4 Å². The summed E-state index contributed by atoms with van der Waals surface area (Å²) < 4.78 is 16.7. The van der Waals surface area contributed by atoms with E-state index in [1.807, 2.05) is 6.92 Å². The lowest BCUT2D eigenvalue weighted by molar-refractivity contribution is -0.134. The molecule has 0 fully saturated rings. The van der Waals surface area contributed by atoms with Gasteiger partial charge in [-0.15, -0.1) is 0 Å². The van der Waals surface area contributed by atoms with E-state index in [0.717, 1.165) is 0 Å². The average molecular weight is 422 g/mol. The van der Waals surface area contributed by atoms with Gasteiger partial charge in [0.25, 0.3) is 5.56 Å². The summed E-state index contributed by atoms with van der Waals surface area (Å²) in [6, 6.07) is 11.6. The van der Waals surface area contributed by atoms with Gasteiger partial charge >= 0.3 is 11.9 Å². The van der Waals surface area contributed by atoms with Gasteiger partial charge in [0, 0.05) is 18.0 Å². The zero-order chi connectivity index (χ0) is 22.4. The molecule has 0 aliphatic rings. The topological polar surface area (TPSA) is 96.7 Å². The molecule has 8 nitrogen and oxygen atoms in total. The van der Waals surface area contributed by atoms with Gasteiger partial charge in [0.2, 0.25) is 0 Å². The normalized spacial score (nSPS) is 10.9. The summed E-state index contributed by atoms with van der Waals surface area (Å²) in [7, 11) is 2.73. The van der Waals surface area contributed by atoms with Crippen molar-refractivity contribution < 1.29 is 23.8 Å². The van der Waals surface area contributed by atoms with Gasteiger partial charge in [-0.05, 0) is 36.3 Å². The van der Waals surface area contributed by atoms with Crippen LogP contribution in [0.5, 0.6) is 11.5 Å². The number of fused-ring (bicyclic) bond motifs is 1. The van der Waals surface area contributed by atoms with Gasteiger partial charge in [-0.2, -0.15) is 5.10 Å². The molecule has 0 N–H and O–H groups in total. The molecule has 0 bridgehead atoms. The lowest BCUT2D eigenvalue weighted by Gasteiger charge is -2.12. The van der Waals surface area contributed by atoms with Crippen LogP contribution in [0.1, 0.15) is 29.4 Å². The standard InChI is InChI=1S/C23H22N2O6/c1-4-13-25-22(27)17-8-6-5-7-16(17)21(24-25)23(28)31-18-11-9-15(14-19(18)29-2)10-12-20(26)30-3/h5-12,14H,4,13H2,1-3H3/b12-10+. The Labute approximate surface area is 178 Å². The number of hydrogen-bond acceptors (Lipinski definition) is 7. The molecule has 0 atom stereocenters. The van der Waals surface area contributed by atoms with Crippen LogP contribution in [-0.4, -0.2) is 35.9 Å². The minimum Gasteiger partial charge on any atom is -0.493 e. The van der Waals surface area contributed by atoms with Gasteiger partial charge < -0.3 is 14.2 Å². The molecule has 0 radical (unpaired) electrons. The zero-order valence-electron chi connectivity index (χ0n) is 17.5. The summed E-state index contributed by atoms with van der Waals surface area (Å²) in [5, 5.41) is 5.06. The largest absolute Gasteiger partial charge is 0.493 e. The Morgan fingerprint density at radius 2 is 1.81 bits per heavy atom. The predicted octanol–water partition coefficient (Wildman–Crippen LogP) is 3.22. The molecule has 0 spiro atoms. The van der Waals surface area contributed by atoms with Crippen molar-refractivity contribution >= 4 is 28.8 Å². The number of aryl methyl sites for hydroxylation is 1. The van der Waals surface area contributed by atoms with E-state index in [1.54, 1.807) is 48.5 Å². The Hall–Kier alpha value is -3.94. The molecule has 0 amide bonds. The fourth-order valence-corrected chi connectivity index (χ4v) is 3.00. The number of carbonyl (C=O) groups is 2. The van der Waals surface area contributed by atoms with Crippen LogP contribution in [0.3, 0.4) is 0 Å². The maximum atomic E-state index is 13.0. The van der Waals surface area contributed by atoms with E-state index < -0.39 is 11.9 Å². The molecule has 0 unspecified atom stereocenters. The number of hydrogen-bond donors (Lipinski definition) is 0. The van der Waals surface area contributed by atoms with Gasteiger partial charge in [-0.25, -0.2) is 14.3 Å². The molecule has 0 saturated heterocycles. The number of methoxy groups -OCH3 is 2. The highest BCUT2D eigenvalue weighted by Gasteiger charge is 2.20. The van der Waals surface area contributed by atoms with Crippen LogP contribution in [0.4, 0.5) is 0 Å². The van der Waals surface area contributed by atoms with Crippen molar-refractivity contribution in [1.29, 1.82) is 0 Å². The van der Waals surface area contributed by atoms with Gasteiger partial charge in [-0.3, -0.25) is 4.79 Å². The molecule has 1 heterocycles. The van der Waals surface area contributed by atoms with Gasteiger partial charge in [-0.1, -0.05) is 31.2 Å². The van der Waals surface area contributed by atoms with Crippen LogP contribution >= 0.6 is 0 Å². The molecular weight excluding hydrogens is 400 g/mol. The fourth-order valence-electron chi connectivity index (χ4n) is 3.00. The highest BCUT2D eigenvalue weighted by molar-refractivity contribution is 6.03. The third kappa shape index (κ3) is 4.80. The van der Waals surface area contributed by atoms with Crippen LogP contribution < -0.4 is 15.0 Å². The molecule has 3 rings (SSSR count). The minimum atomic E-state index is -0.711. The zero-order valence-corrected chi connectivity index (χ0v) is 17.5. The molecule has 2 aromatic carbocycles. The highest BCUT2D eigenvalue weighted by Crippen LogP contribution is 2.29. The van der Waals surface area contributed by atoms with Crippen LogP contribution in [0.25, 0.3) is 16.8 Å². The number of aromatic nitrogens is 2. The number of carbonyl (C=O) groups excluding carboxylic acids is 2. The van der Waals surface area contributed by atoms with Gasteiger partial charge in [0.15, 0.2) is 17.2 Å². The highest BCUT2D eigenvalue weighted by atomic mass is 16.6. The number of rotatable bonds is 7. The van der Waals surface area contributed by atoms with Crippen LogP contribution in [0.15, 0.2) is 53.3 Å². The molecule has 0 saturated carbocycles.